The molecule has 0 spiro atoms. The minimum atomic E-state index is 0.445. The Kier molecular flexibility index (Phi) is 3.07. The van der Waals surface area contributed by atoms with Crippen LogP contribution in [0.25, 0.3) is 0 Å². The molecule has 1 fully saturated rings. The summed E-state index contributed by atoms with van der Waals surface area (Å²) in [6.45, 7) is 7.57. The van der Waals surface area contributed by atoms with Crippen molar-refractivity contribution in [1.29, 1.82) is 0 Å². The summed E-state index contributed by atoms with van der Waals surface area (Å²) in [5.41, 5.74) is 10.7. The fourth-order valence-corrected chi connectivity index (χ4v) is 2.27. The fraction of sp³-hybridized carbons (Fsp3) is 0.600. The lowest BCUT2D eigenvalue weighted by molar-refractivity contribution is 0.519. The summed E-state index contributed by atoms with van der Waals surface area (Å²) < 4.78 is 0. The Hall–Kier alpha value is -0.820. The van der Waals surface area contributed by atoms with E-state index < -0.39 is 0 Å². The van der Waals surface area contributed by atoms with Crippen LogP contribution in [-0.4, -0.2) is 6.54 Å². The van der Waals surface area contributed by atoms with E-state index in [0.717, 1.165) is 6.54 Å². The van der Waals surface area contributed by atoms with Crippen molar-refractivity contribution in [2.24, 2.45) is 11.1 Å². The van der Waals surface area contributed by atoms with Crippen LogP contribution in [0.15, 0.2) is 18.2 Å². The van der Waals surface area contributed by atoms with Crippen LogP contribution in [-0.2, 0) is 6.42 Å². The van der Waals surface area contributed by atoms with Crippen LogP contribution in [0, 0.1) is 12.3 Å². The third-order valence-corrected chi connectivity index (χ3v) is 4.00. The molecule has 1 heteroatoms. The predicted molar refractivity (Wildman–Crippen MR) is 69.7 cm³/mol. The molecule has 1 nitrogen and oxygen atoms in total. The lowest BCUT2D eigenvalue weighted by atomic mass is 9.90. The average Bonchev–Trinajstić information content (AvgIpc) is 3.02. The van der Waals surface area contributed by atoms with Gasteiger partial charge in [-0.15, -0.1) is 0 Å². The molecule has 0 bridgehead atoms. The largest absolute Gasteiger partial charge is 0.330 e. The summed E-state index contributed by atoms with van der Waals surface area (Å²) in [6, 6.07) is 6.90. The minimum Gasteiger partial charge on any atom is -0.330 e. The van der Waals surface area contributed by atoms with E-state index in [4.69, 9.17) is 5.73 Å². The molecule has 16 heavy (non-hydrogen) atoms. The van der Waals surface area contributed by atoms with Crippen molar-refractivity contribution in [1.82, 2.24) is 0 Å². The molecule has 1 aliphatic rings. The molecule has 0 saturated heterocycles. The topological polar surface area (TPSA) is 26.0 Å². The van der Waals surface area contributed by atoms with Crippen LogP contribution in [0.1, 0.15) is 49.3 Å². The van der Waals surface area contributed by atoms with Gasteiger partial charge in [0.1, 0.15) is 0 Å². The first kappa shape index (κ1) is 11.7. The Bertz CT molecular complexity index is 375. The molecule has 2 N–H and O–H groups in total. The van der Waals surface area contributed by atoms with Crippen molar-refractivity contribution in [3.05, 3.63) is 34.9 Å². The number of hydrogen-bond acceptors (Lipinski definition) is 1. The van der Waals surface area contributed by atoms with Gasteiger partial charge >= 0.3 is 0 Å². The molecular formula is C15H23N. The van der Waals surface area contributed by atoms with E-state index in [2.05, 4.69) is 39.0 Å². The Morgan fingerprint density at radius 3 is 2.50 bits per heavy atom. The Morgan fingerprint density at radius 2 is 2.00 bits per heavy atom. The molecule has 2 rings (SSSR count). The second-order valence-electron chi connectivity index (χ2n) is 5.72. The van der Waals surface area contributed by atoms with Crippen molar-refractivity contribution in [2.45, 2.75) is 46.0 Å². The van der Waals surface area contributed by atoms with E-state index in [-0.39, 0.29) is 0 Å². The summed E-state index contributed by atoms with van der Waals surface area (Å²) in [5.74, 6) is 0.618. The van der Waals surface area contributed by atoms with Gasteiger partial charge in [0.25, 0.3) is 0 Å². The molecule has 0 unspecified atom stereocenters. The van der Waals surface area contributed by atoms with E-state index in [9.17, 15) is 0 Å². The lowest BCUT2D eigenvalue weighted by Gasteiger charge is -2.16. The van der Waals surface area contributed by atoms with Crippen LogP contribution in [0.2, 0.25) is 0 Å². The number of hydrogen-bond donors (Lipinski definition) is 1. The van der Waals surface area contributed by atoms with Crippen LogP contribution in [0.5, 0.6) is 0 Å². The average molecular weight is 217 g/mol. The van der Waals surface area contributed by atoms with Crippen LogP contribution < -0.4 is 5.73 Å². The molecular weight excluding hydrogens is 194 g/mol. The number of nitrogens with two attached hydrogens (primary N) is 1. The van der Waals surface area contributed by atoms with E-state index >= 15 is 0 Å². The van der Waals surface area contributed by atoms with Crippen molar-refractivity contribution in [2.75, 3.05) is 6.54 Å². The molecule has 1 aromatic carbocycles. The summed E-state index contributed by atoms with van der Waals surface area (Å²) in [6.07, 6.45) is 3.81. The van der Waals surface area contributed by atoms with Crippen molar-refractivity contribution in [3.8, 4) is 0 Å². The van der Waals surface area contributed by atoms with Crippen LogP contribution >= 0.6 is 0 Å². The molecule has 0 aliphatic heterocycles. The first-order chi connectivity index (χ1) is 7.56. The monoisotopic (exact) mass is 217 g/mol. The standard InChI is InChI=1S/C15H23N/c1-11(2)13-5-4-12(3)14(8-13)9-15(10-16)6-7-15/h4-5,8,11H,6-7,9-10,16H2,1-3H3. The van der Waals surface area contributed by atoms with Gasteiger partial charge in [0.2, 0.25) is 0 Å². The van der Waals surface area contributed by atoms with Gasteiger partial charge in [-0.25, -0.2) is 0 Å². The molecule has 1 saturated carbocycles. The van der Waals surface area contributed by atoms with Gasteiger partial charge in [-0.1, -0.05) is 32.0 Å². The van der Waals surface area contributed by atoms with Crippen molar-refractivity contribution < 1.29 is 0 Å². The maximum Gasteiger partial charge on any atom is -0.00173 e. The molecule has 0 amide bonds. The van der Waals surface area contributed by atoms with E-state index in [1.807, 2.05) is 0 Å². The molecule has 0 atom stereocenters. The zero-order valence-corrected chi connectivity index (χ0v) is 10.7. The SMILES string of the molecule is Cc1ccc(C(C)C)cc1CC1(CN)CC1. The fourth-order valence-electron chi connectivity index (χ4n) is 2.27. The third-order valence-electron chi connectivity index (χ3n) is 4.00. The summed E-state index contributed by atoms with van der Waals surface area (Å²) >= 11 is 0. The Morgan fingerprint density at radius 1 is 1.31 bits per heavy atom. The van der Waals surface area contributed by atoms with Crippen molar-refractivity contribution >= 4 is 0 Å². The maximum atomic E-state index is 5.86. The van der Waals surface area contributed by atoms with Gasteiger partial charge in [-0.05, 0) is 60.8 Å². The summed E-state index contributed by atoms with van der Waals surface area (Å²) in [7, 11) is 0. The van der Waals surface area contributed by atoms with E-state index in [1.54, 1.807) is 0 Å². The van der Waals surface area contributed by atoms with Crippen molar-refractivity contribution in [3.63, 3.8) is 0 Å². The highest BCUT2D eigenvalue weighted by atomic mass is 14.6. The van der Waals surface area contributed by atoms with Crippen LogP contribution in [0.4, 0.5) is 0 Å². The Labute approximate surface area is 99.0 Å². The van der Waals surface area contributed by atoms with Gasteiger partial charge in [-0.2, -0.15) is 0 Å². The van der Waals surface area contributed by atoms with Gasteiger partial charge in [0.15, 0.2) is 0 Å². The molecule has 0 radical (unpaired) electrons. The quantitative estimate of drug-likeness (QED) is 0.822. The minimum absolute atomic E-state index is 0.445. The number of benzene rings is 1. The Balaban J connectivity index is 2.22. The zero-order valence-electron chi connectivity index (χ0n) is 10.7. The lowest BCUT2D eigenvalue weighted by Crippen LogP contribution is -2.18. The van der Waals surface area contributed by atoms with E-state index in [0.29, 0.717) is 11.3 Å². The highest BCUT2D eigenvalue weighted by molar-refractivity contribution is 5.34. The zero-order chi connectivity index (χ0) is 11.8. The molecule has 88 valence electrons. The third kappa shape index (κ3) is 2.30. The number of rotatable bonds is 4. The normalized spacial score (nSPS) is 17.8. The molecule has 0 aromatic heterocycles. The second-order valence-corrected chi connectivity index (χ2v) is 5.72. The second kappa shape index (κ2) is 4.21. The summed E-state index contributed by atoms with van der Waals surface area (Å²) in [4.78, 5) is 0. The molecule has 1 aliphatic carbocycles. The highest BCUT2D eigenvalue weighted by Crippen LogP contribution is 2.47. The van der Waals surface area contributed by atoms with Gasteiger partial charge in [0, 0.05) is 0 Å². The van der Waals surface area contributed by atoms with Gasteiger partial charge in [-0.3, -0.25) is 0 Å². The van der Waals surface area contributed by atoms with Gasteiger partial charge < -0.3 is 5.73 Å². The summed E-state index contributed by atoms with van der Waals surface area (Å²) in [5, 5.41) is 0. The van der Waals surface area contributed by atoms with Gasteiger partial charge in [0.05, 0.1) is 0 Å². The van der Waals surface area contributed by atoms with E-state index in [1.165, 1.54) is 36.0 Å². The van der Waals surface area contributed by atoms with Crippen LogP contribution in [0.3, 0.4) is 0 Å². The molecule has 1 aromatic rings. The molecule has 0 heterocycles. The predicted octanol–water partition coefficient (Wildman–Crippen LogP) is 3.40. The maximum absolute atomic E-state index is 5.86. The highest BCUT2D eigenvalue weighted by Gasteiger charge is 2.41. The first-order valence-electron chi connectivity index (χ1n) is 6.36. The number of aryl methyl sites for hydroxylation is 1. The first-order valence-corrected chi connectivity index (χ1v) is 6.36. The smallest absolute Gasteiger partial charge is 0.00173 e.